The molecule has 3 atom stereocenters. The number of aliphatic hydroxyl groups excluding tert-OH is 1. The van der Waals surface area contributed by atoms with Gasteiger partial charge in [0.1, 0.15) is 0 Å². The van der Waals surface area contributed by atoms with Gasteiger partial charge < -0.3 is 14.6 Å². The van der Waals surface area contributed by atoms with Crippen LogP contribution in [0.25, 0.3) is 0 Å². The zero-order valence-electron chi connectivity index (χ0n) is 7.69. The first-order valence-electron chi connectivity index (χ1n) is 4.98. The van der Waals surface area contributed by atoms with Crippen LogP contribution >= 0.6 is 0 Å². The molecular formula is C10H16O3. The highest BCUT2D eigenvalue weighted by Crippen LogP contribution is 2.20. The average Bonchev–Trinajstić information content (AvgIpc) is 2.53. The van der Waals surface area contributed by atoms with Crippen LogP contribution in [0.5, 0.6) is 0 Å². The van der Waals surface area contributed by atoms with Crippen molar-refractivity contribution in [2.75, 3.05) is 6.61 Å². The van der Waals surface area contributed by atoms with Gasteiger partial charge in [-0.15, -0.1) is 0 Å². The van der Waals surface area contributed by atoms with Crippen LogP contribution in [-0.2, 0) is 9.47 Å². The van der Waals surface area contributed by atoms with Crippen molar-refractivity contribution in [2.24, 2.45) is 0 Å². The van der Waals surface area contributed by atoms with Gasteiger partial charge in [-0.2, -0.15) is 0 Å². The standard InChI is InChI=1S/C10H16O3/c11-8-4-5-9(7-8)13-10-3-1-2-6-12-10/h4-5,8-11H,1-3,6-7H2/t8-,9-,10+/m0/s1. The topological polar surface area (TPSA) is 38.7 Å². The number of rotatable bonds is 2. The monoisotopic (exact) mass is 184 g/mol. The molecule has 3 nitrogen and oxygen atoms in total. The lowest BCUT2D eigenvalue weighted by molar-refractivity contribution is -0.179. The second kappa shape index (κ2) is 4.22. The smallest absolute Gasteiger partial charge is 0.158 e. The first-order valence-corrected chi connectivity index (χ1v) is 4.98. The van der Waals surface area contributed by atoms with Gasteiger partial charge >= 0.3 is 0 Å². The van der Waals surface area contributed by atoms with E-state index in [0.29, 0.717) is 6.42 Å². The third-order valence-electron chi connectivity index (χ3n) is 2.49. The van der Waals surface area contributed by atoms with Crippen LogP contribution in [0.1, 0.15) is 25.7 Å². The number of hydrogen-bond donors (Lipinski definition) is 1. The Hall–Kier alpha value is -0.380. The predicted molar refractivity (Wildman–Crippen MR) is 48.2 cm³/mol. The van der Waals surface area contributed by atoms with Crippen molar-refractivity contribution in [1.29, 1.82) is 0 Å². The fourth-order valence-electron chi connectivity index (χ4n) is 1.76. The first-order chi connectivity index (χ1) is 6.34. The van der Waals surface area contributed by atoms with Crippen LogP contribution in [0.3, 0.4) is 0 Å². The molecule has 0 spiro atoms. The van der Waals surface area contributed by atoms with Crippen molar-refractivity contribution in [1.82, 2.24) is 0 Å². The van der Waals surface area contributed by atoms with Gasteiger partial charge in [-0.25, -0.2) is 0 Å². The molecule has 1 heterocycles. The van der Waals surface area contributed by atoms with E-state index in [1.807, 2.05) is 6.08 Å². The zero-order chi connectivity index (χ0) is 9.10. The highest BCUT2D eigenvalue weighted by molar-refractivity contribution is 5.03. The number of ether oxygens (including phenoxy) is 2. The zero-order valence-corrected chi connectivity index (χ0v) is 7.69. The lowest BCUT2D eigenvalue weighted by Crippen LogP contribution is -2.26. The number of aliphatic hydroxyl groups is 1. The van der Waals surface area contributed by atoms with E-state index in [1.54, 1.807) is 6.08 Å². The predicted octanol–water partition coefficient (Wildman–Crippen LogP) is 1.22. The quantitative estimate of drug-likeness (QED) is 0.656. The van der Waals surface area contributed by atoms with E-state index >= 15 is 0 Å². The highest BCUT2D eigenvalue weighted by Gasteiger charge is 2.22. The molecule has 1 N–H and O–H groups in total. The minimum Gasteiger partial charge on any atom is -0.389 e. The Labute approximate surface area is 78.3 Å². The average molecular weight is 184 g/mol. The van der Waals surface area contributed by atoms with Crippen LogP contribution in [0, 0.1) is 0 Å². The first kappa shape index (κ1) is 9.19. The van der Waals surface area contributed by atoms with Gasteiger partial charge in [0, 0.05) is 13.0 Å². The highest BCUT2D eigenvalue weighted by atomic mass is 16.7. The van der Waals surface area contributed by atoms with Crippen molar-refractivity contribution in [3.8, 4) is 0 Å². The van der Waals surface area contributed by atoms with E-state index in [4.69, 9.17) is 9.47 Å². The van der Waals surface area contributed by atoms with Crippen molar-refractivity contribution < 1.29 is 14.6 Å². The molecule has 3 heteroatoms. The SMILES string of the molecule is O[C@H]1C=C[C@H](O[C@@H]2CCCCO2)C1. The van der Waals surface area contributed by atoms with Gasteiger partial charge in [0.15, 0.2) is 6.29 Å². The summed E-state index contributed by atoms with van der Waals surface area (Å²) in [5.41, 5.74) is 0. The van der Waals surface area contributed by atoms with E-state index in [2.05, 4.69) is 0 Å². The molecular weight excluding hydrogens is 168 g/mol. The summed E-state index contributed by atoms with van der Waals surface area (Å²) in [5, 5.41) is 9.22. The lowest BCUT2D eigenvalue weighted by atomic mass is 10.2. The molecule has 2 aliphatic rings. The van der Waals surface area contributed by atoms with E-state index in [0.717, 1.165) is 19.4 Å². The fourth-order valence-corrected chi connectivity index (χ4v) is 1.76. The molecule has 13 heavy (non-hydrogen) atoms. The molecule has 1 aliphatic carbocycles. The Morgan fingerprint density at radius 2 is 2.23 bits per heavy atom. The molecule has 1 aliphatic heterocycles. The summed E-state index contributed by atoms with van der Waals surface area (Å²) in [6.07, 6.45) is 7.38. The van der Waals surface area contributed by atoms with Crippen molar-refractivity contribution in [3.05, 3.63) is 12.2 Å². The van der Waals surface area contributed by atoms with Gasteiger partial charge in [-0.1, -0.05) is 12.2 Å². The van der Waals surface area contributed by atoms with Gasteiger partial charge in [-0.3, -0.25) is 0 Å². The molecule has 74 valence electrons. The minimum atomic E-state index is -0.325. The van der Waals surface area contributed by atoms with E-state index < -0.39 is 0 Å². The molecule has 0 bridgehead atoms. The fraction of sp³-hybridized carbons (Fsp3) is 0.800. The summed E-state index contributed by atoms with van der Waals surface area (Å²) in [4.78, 5) is 0. The van der Waals surface area contributed by atoms with Crippen LogP contribution in [0.15, 0.2) is 12.2 Å². The molecule has 0 aromatic rings. The van der Waals surface area contributed by atoms with Crippen molar-refractivity contribution >= 4 is 0 Å². The summed E-state index contributed by atoms with van der Waals surface area (Å²) >= 11 is 0. The molecule has 0 amide bonds. The van der Waals surface area contributed by atoms with Gasteiger partial charge in [0.25, 0.3) is 0 Å². The molecule has 0 unspecified atom stereocenters. The van der Waals surface area contributed by atoms with E-state index in [1.165, 1.54) is 6.42 Å². The van der Waals surface area contributed by atoms with Gasteiger partial charge in [0.05, 0.1) is 12.2 Å². The second-order valence-electron chi connectivity index (χ2n) is 3.66. The van der Waals surface area contributed by atoms with Crippen LogP contribution in [0.4, 0.5) is 0 Å². The third-order valence-corrected chi connectivity index (χ3v) is 2.49. The minimum absolute atomic E-state index is 0.0475. The maximum atomic E-state index is 9.22. The van der Waals surface area contributed by atoms with Gasteiger partial charge in [0.2, 0.25) is 0 Å². The Morgan fingerprint density at radius 3 is 2.85 bits per heavy atom. The molecule has 0 aromatic heterocycles. The Bertz CT molecular complexity index is 185. The summed E-state index contributed by atoms with van der Waals surface area (Å²) in [6, 6.07) is 0. The van der Waals surface area contributed by atoms with Crippen LogP contribution in [0.2, 0.25) is 0 Å². The van der Waals surface area contributed by atoms with Crippen LogP contribution in [-0.4, -0.2) is 30.2 Å². The summed E-state index contributed by atoms with van der Waals surface area (Å²) < 4.78 is 11.1. The van der Waals surface area contributed by atoms with E-state index in [-0.39, 0.29) is 18.5 Å². The van der Waals surface area contributed by atoms with Crippen molar-refractivity contribution in [3.63, 3.8) is 0 Å². The Balaban J connectivity index is 1.74. The molecule has 1 fully saturated rings. The molecule has 0 aromatic carbocycles. The lowest BCUT2D eigenvalue weighted by Gasteiger charge is -2.25. The Morgan fingerprint density at radius 1 is 1.31 bits per heavy atom. The second-order valence-corrected chi connectivity index (χ2v) is 3.66. The maximum absolute atomic E-state index is 9.22. The molecule has 2 rings (SSSR count). The number of hydrogen-bond acceptors (Lipinski definition) is 3. The molecule has 1 saturated heterocycles. The van der Waals surface area contributed by atoms with Crippen molar-refractivity contribution in [2.45, 2.75) is 44.2 Å². The normalized spacial score (nSPS) is 39.6. The third kappa shape index (κ3) is 2.53. The van der Waals surface area contributed by atoms with Crippen LogP contribution < -0.4 is 0 Å². The Kier molecular flexibility index (Phi) is 2.98. The summed E-state index contributed by atoms with van der Waals surface area (Å²) in [7, 11) is 0. The molecule has 0 saturated carbocycles. The van der Waals surface area contributed by atoms with Gasteiger partial charge in [-0.05, 0) is 19.3 Å². The largest absolute Gasteiger partial charge is 0.389 e. The summed E-state index contributed by atoms with van der Waals surface area (Å²) in [6.45, 7) is 0.809. The molecule has 0 radical (unpaired) electrons. The maximum Gasteiger partial charge on any atom is 0.158 e. The van der Waals surface area contributed by atoms with E-state index in [9.17, 15) is 5.11 Å². The summed E-state index contributed by atoms with van der Waals surface area (Å²) in [5.74, 6) is 0.